The quantitative estimate of drug-likeness (QED) is 0.558. The maximum atomic E-state index is 13.9. The van der Waals surface area contributed by atoms with Crippen LogP contribution in [0.4, 0.5) is 8.78 Å². The number of rotatable bonds is 2. The minimum atomic E-state index is -0.913. The minimum absolute atomic E-state index is 0.0388. The Labute approximate surface area is 122 Å². The van der Waals surface area contributed by atoms with Crippen LogP contribution in [0.25, 0.3) is 0 Å². The van der Waals surface area contributed by atoms with Gasteiger partial charge in [0.2, 0.25) is 0 Å². The van der Waals surface area contributed by atoms with E-state index >= 15 is 0 Å². The van der Waals surface area contributed by atoms with Crippen molar-refractivity contribution in [1.29, 1.82) is 0 Å². The first-order chi connectivity index (χ1) is 8.93. The second-order valence-electron chi connectivity index (χ2n) is 3.96. The highest BCUT2D eigenvalue weighted by atomic mass is 79.9. The Bertz CT molecular complexity index is 671. The molecular formula is C14H8BrClF2O. The SMILES string of the molecule is Cc1c(Cl)cccc1C(=O)c1c(F)ccc(Br)c1F. The van der Waals surface area contributed by atoms with Gasteiger partial charge < -0.3 is 0 Å². The Morgan fingerprint density at radius 2 is 1.89 bits per heavy atom. The van der Waals surface area contributed by atoms with Crippen LogP contribution in [-0.4, -0.2) is 5.78 Å². The van der Waals surface area contributed by atoms with Crippen molar-refractivity contribution in [2.24, 2.45) is 0 Å². The van der Waals surface area contributed by atoms with E-state index < -0.39 is 23.0 Å². The lowest BCUT2D eigenvalue weighted by Crippen LogP contribution is -2.09. The summed E-state index contributed by atoms with van der Waals surface area (Å²) in [6.07, 6.45) is 0. The summed E-state index contributed by atoms with van der Waals surface area (Å²) < 4.78 is 27.6. The predicted molar refractivity (Wildman–Crippen MR) is 73.7 cm³/mol. The molecule has 0 bridgehead atoms. The number of benzene rings is 2. The largest absolute Gasteiger partial charge is 0.288 e. The maximum absolute atomic E-state index is 13.9. The van der Waals surface area contributed by atoms with Crippen LogP contribution in [-0.2, 0) is 0 Å². The summed E-state index contributed by atoms with van der Waals surface area (Å²) in [5.74, 6) is -2.54. The highest BCUT2D eigenvalue weighted by Crippen LogP contribution is 2.27. The number of carbonyl (C=O) groups is 1. The minimum Gasteiger partial charge on any atom is -0.288 e. The van der Waals surface area contributed by atoms with Gasteiger partial charge >= 0.3 is 0 Å². The van der Waals surface area contributed by atoms with Gasteiger partial charge in [-0.3, -0.25) is 4.79 Å². The molecule has 1 nitrogen and oxygen atoms in total. The van der Waals surface area contributed by atoms with Gasteiger partial charge in [0.1, 0.15) is 5.82 Å². The fourth-order valence-electron chi connectivity index (χ4n) is 1.72. The van der Waals surface area contributed by atoms with E-state index in [1.165, 1.54) is 12.1 Å². The van der Waals surface area contributed by atoms with Crippen LogP contribution in [0.1, 0.15) is 21.5 Å². The van der Waals surface area contributed by atoms with E-state index in [2.05, 4.69) is 15.9 Å². The molecule has 0 amide bonds. The molecule has 2 rings (SSSR count). The Morgan fingerprint density at radius 3 is 2.58 bits per heavy atom. The van der Waals surface area contributed by atoms with Crippen LogP contribution in [0.15, 0.2) is 34.8 Å². The van der Waals surface area contributed by atoms with E-state index in [4.69, 9.17) is 11.6 Å². The highest BCUT2D eigenvalue weighted by Gasteiger charge is 2.22. The van der Waals surface area contributed by atoms with Gasteiger partial charge in [-0.2, -0.15) is 0 Å². The van der Waals surface area contributed by atoms with Crippen LogP contribution in [0.3, 0.4) is 0 Å². The molecule has 0 atom stereocenters. The fourth-order valence-corrected chi connectivity index (χ4v) is 2.23. The average molecular weight is 346 g/mol. The van der Waals surface area contributed by atoms with Gasteiger partial charge in [-0.25, -0.2) is 8.78 Å². The van der Waals surface area contributed by atoms with Crippen molar-refractivity contribution in [3.8, 4) is 0 Å². The Hall–Kier alpha value is -1.26. The van der Waals surface area contributed by atoms with Gasteiger partial charge in [0.15, 0.2) is 11.6 Å². The van der Waals surface area contributed by atoms with Gasteiger partial charge in [0.05, 0.1) is 10.0 Å². The third-order valence-electron chi connectivity index (χ3n) is 2.78. The number of halogens is 4. The Kier molecular flexibility index (Phi) is 4.02. The highest BCUT2D eigenvalue weighted by molar-refractivity contribution is 9.10. The summed E-state index contributed by atoms with van der Waals surface area (Å²) in [5.41, 5.74) is 0.0936. The molecule has 0 aliphatic carbocycles. The molecule has 0 radical (unpaired) electrons. The number of carbonyl (C=O) groups excluding carboxylic acids is 1. The zero-order valence-electron chi connectivity index (χ0n) is 9.81. The third-order valence-corrected chi connectivity index (χ3v) is 3.81. The summed E-state index contributed by atoms with van der Waals surface area (Å²) in [4.78, 5) is 12.3. The van der Waals surface area contributed by atoms with Crippen molar-refractivity contribution in [3.05, 3.63) is 68.2 Å². The second kappa shape index (κ2) is 5.39. The molecule has 0 spiro atoms. The topological polar surface area (TPSA) is 17.1 Å². The normalized spacial score (nSPS) is 10.6. The molecule has 0 aromatic heterocycles. The van der Waals surface area contributed by atoms with Crippen molar-refractivity contribution in [3.63, 3.8) is 0 Å². The lowest BCUT2D eigenvalue weighted by atomic mass is 9.98. The zero-order chi connectivity index (χ0) is 14.2. The molecule has 0 saturated carbocycles. The fraction of sp³-hybridized carbons (Fsp3) is 0.0714. The third kappa shape index (κ3) is 2.55. The summed E-state index contributed by atoms with van der Waals surface area (Å²) >= 11 is 8.84. The van der Waals surface area contributed by atoms with E-state index in [1.54, 1.807) is 19.1 Å². The van der Waals surface area contributed by atoms with Gasteiger partial charge in [-0.05, 0) is 46.6 Å². The first-order valence-electron chi connectivity index (χ1n) is 5.36. The maximum Gasteiger partial charge on any atom is 0.199 e. The summed E-state index contributed by atoms with van der Waals surface area (Å²) in [5, 5.41) is 0.377. The molecule has 0 fully saturated rings. The van der Waals surface area contributed by atoms with Crippen molar-refractivity contribution >= 4 is 33.3 Å². The lowest BCUT2D eigenvalue weighted by Gasteiger charge is -2.09. The molecule has 0 aliphatic rings. The summed E-state index contributed by atoms with van der Waals surface area (Å²) in [6.45, 7) is 1.63. The molecule has 0 unspecified atom stereocenters. The van der Waals surface area contributed by atoms with E-state index in [9.17, 15) is 13.6 Å². The molecule has 2 aromatic carbocycles. The smallest absolute Gasteiger partial charge is 0.199 e. The van der Waals surface area contributed by atoms with Crippen LogP contribution >= 0.6 is 27.5 Å². The standard InChI is InChI=1S/C14H8BrClF2O/c1-7-8(3-2-4-10(7)16)14(19)12-11(17)6-5-9(15)13(12)18/h2-6H,1H3. The monoisotopic (exact) mass is 344 g/mol. The van der Waals surface area contributed by atoms with Crippen molar-refractivity contribution in [2.45, 2.75) is 6.92 Å². The van der Waals surface area contributed by atoms with Gasteiger partial charge in [0, 0.05) is 10.6 Å². The van der Waals surface area contributed by atoms with E-state index in [1.807, 2.05) is 0 Å². The van der Waals surface area contributed by atoms with Crippen molar-refractivity contribution in [2.75, 3.05) is 0 Å². The lowest BCUT2D eigenvalue weighted by molar-refractivity contribution is 0.103. The van der Waals surface area contributed by atoms with E-state index in [-0.39, 0.29) is 10.0 Å². The number of ketones is 1. The van der Waals surface area contributed by atoms with Gasteiger partial charge in [-0.1, -0.05) is 23.7 Å². The van der Waals surface area contributed by atoms with Crippen LogP contribution in [0.2, 0.25) is 5.02 Å². The number of hydrogen-bond acceptors (Lipinski definition) is 1. The van der Waals surface area contributed by atoms with Gasteiger partial charge in [-0.15, -0.1) is 0 Å². The molecule has 0 saturated heterocycles. The molecule has 5 heteroatoms. The summed E-state index contributed by atoms with van der Waals surface area (Å²) in [7, 11) is 0. The second-order valence-corrected chi connectivity index (χ2v) is 5.22. The van der Waals surface area contributed by atoms with Crippen LogP contribution in [0.5, 0.6) is 0 Å². The van der Waals surface area contributed by atoms with Crippen LogP contribution < -0.4 is 0 Å². The molecule has 19 heavy (non-hydrogen) atoms. The molecule has 98 valence electrons. The molecular weight excluding hydrogens is 338 g/mol. The van der Waals surface area contributed by atoms with Crippen LogP contribution in [0, 0.1) is 18.6 Å². The Morgan fingerprint density at radius 1 is 1.21 bits per heavy atom. The van der Waals surface area contributed by atoms with E-state index in [0.717, 1.165) is 6.07 Å². The van der Waals surface area contributed by atoms with E-state index in [0.29, 0.717) is 10.6 Å². The molecule has 0 N–H and O–H groups in total. The Balaban J connectivity index is 2.63. The first-order valence-corrected chi connectivity index (χ1v) is 6.54. The summed E-state index contributed by atoms with van der Waals surface area (Å²) in [6, 6.07) is 6.92. The number of hydrogen-bond donors (Lipinski definition) is 0. The van der Waals surface area contributed by atoms with Crippen molar-refractivity contribution < 1.29 is 13.6 Å². The molecule has 2 aromatic rings. The molecule has 0 aliphatic heterocycles. The average Bonchev–Trinajstić information content (AvgIpc) is 2.37. The van der Waals surface area contributed by atoms with Crippen molar-refractivity contribution in [1.82, 2.24) is 0 Å². The first kappa shape index (κ1) is 14.2. The van der Waals surface area contributed by atoms with Gasteiger partial charge in [0.25, 0.3) is 0 Å². The molecule has 0 heterocycles. The predicted octanol–water partition coefficient (Wildman–Crippen LogP) is 4.92. The zero-order valence-corrected chi connectivity index (χ0v) is 12.1.